The Balaban J connectivity index is 2.15. The van der Waals surface area contributed by atoms with Crippen molar-refractivity contribution in [3.05, 3.63) is 71.0 Å². The average molecular weight is 359 g/mol. The molecule has 0 saturated heterocycles. The lowest BCUT2D eigenvalue weighted by atomic mass is 10.2. The molecule has 0 radical (unpaired) electrons. The van der Waals surface area contributed by atoms with E-state index in [9.17, 15) is 18.5 Å². The van der Waals surface area contributed by atoms with E-state index in [-0.39, 0.29) is 27.7 Å². The lowest BCUT2D eigenvalue weighted by molar-refractivity contribution is -0.385. The van der Waals surface area contributed by atoms with Crippen molar-refractivity contribution >= 4 is 15.7 Å². The van der Waals surface area contributed by atoms with Gasteiger partial charge in [-0.2, -0.15) is 0 Å². The molecule has 0 saturated carbocycles. The van der Waals surface area contributed by atoms with Gasteiger partial charge < -0.3 is 4.74 Å². The number of imidazole rings is 1. The number of benzene rings is 2. The number of nitro benzene ring substituents is 1. The highest BCUT2D eigenvalue weighted by Gasteiger charge is 2.23. The van der Waals surface area contributed by atoms with Crippen LogP contribution in [0.25, 0.3) is 11.4 Å². The molecule has 128 valence electrons. The maximum Gasteiger partial charge on any atom is 0.311 e. The van der Waals surface area contributed by atoms with Crippen molar-refractivity contribution in [1.82, 2.24) is 8.96 Å². The molecular formula is C16H13N3O5S. The zero-order valence-electron chi connectivity index (χ0n) is 13.1. The van der Waals surface area contributed by atoms with Gasteiger partial charge in [-0.25, -0.2) is 17.4 Å². The van der Waals surface area contributed by atoms with E-state index in [2.05, 4.69) is 4.98 Å². The third-order valence-corrected chi connectivity index (χ3v) is 5.22. The van der Waals surface area contributed by atoms with Gasteiger partial charge in [0.05, 0.1) is 16.9 Å². The number of ether oxygens (including phenoxy) is 1. The van der Waals surface area contributed by atoms with Crippen LogP contribution in [0.5, 0.6) is 5.75 Å². The SMILES string of the molecule is COc1ccc(-c2nccn2S(=O)(=O)c2ccccc2)cc1[N+](=O)[O-]. The first kappa shape index (κ1) is 16.7. The number of hydrogen-bond donors (Lipinski definition) is 0. The summed E-state index contributed by atoms with van der Waals surface area (Å²) in [7, 11) is -2.55. The highest BCUT2D eigenvalue weighted by Crippen LogP contribution is 2.32. The van der Waals surface area contributed by atoms with Gasteiger partial charge in [-0.15, -0.1) is 0 Å². The Morgan fingerprint density at radius 1 is 1.16 bits per heavy atom. The lowest BCUT2D eigenvalue weighted by Crippen LogP contribution is -2.13. The molecule has 0 bridgehead atoms. The first-order chi connectivity index (χ1) is 11.9. The van der Waals surface area contributed by atoms with E-state index in [1.54, 1.807) is 18.2 Å². The second-order valence-electron chi connectivity index (χ2n) is 5.01. The lowest BCUT2D eigenvalue weighted by Gasteiger charge is -2.10. The Kier molecular flexibility index (Phi) is 4.24. The van der Waals surface area contributed by atoms with E-state index in [0.29, 0.717) is 0 Å². The molecule has 0 aliphatic rings. The van der Waals surface area contributed by atoms with Crippen LogP contribution in [-0.4, -0.2) is 29.4 Å². The van der Waals surface area contributed by atoms with Crippen LogP contribution in [0.2, 0.25) is 0 Å². The van der Waals surface area contributed by atoms with Crippen LogP contribution < -0.4 is 4.74 Å². The summed E-state index contributed by atoms with van der Waals surface area (Å²) in [5, 5.41) is 11.2. The molecule has 0 atom stereocenters. The van der Waals surface area contributed by atoms with E-state index in [0.717, 1.165) is 3.97 Å². The summed E-state index contributed by atoms with van der Waals surface area (Å²) in [5.74, 6) is 0.160. The van der Waals surface area contributed by atoms with Crippen LogP contribution in [0.3, 0.4) is 0 Å². The van der Waals surface area contributed by atoms with Crippen LogP contribution in [0, 0.1) is 10.1 Å². The molecule has 0 fully saturated rings. The predicted molar refractivity (Wildman–Crippen MR) is 89.9 cm³/mol. The second kappa shape index (κ2) is 6.36. The second-order valence-corrected chi connectivity index (χ2v) is 6.82. The zero-order chi connectivity index (χ0) is 18.0. The molecule has 1 heterocycles. The molecule has 0 N–H and O–H groups in total. The highest BCUT2D eigenvalue weighted by molar-refractivity contribution is 7.90. The van der Waals surface area contributed by atoms with Crippen LogP contribution in [0.1, 0.15) is 0 Å². The van der Waals surface area contributed by atoms with Crippen molar-refractivity contribution in [3.8, 4) is 17.1 Å². The number of methoxy groups -OCH3 is 1. The van der Waals surface area contributed by atoms with Gasteiger partial charge in [0.15, 0.2) is 11.6 Å². The number of nitro groups is 1. The summed E-state index contributed by atoms with van der Waals surface area (Å²) in [5.41, 5.74) is 0.0173. The topological polar surface area (TPSA) is 104 Å². The fourth-order valence-corrected chi connectivity index (χ4v) is 3.69. The molecule has 0 aliphatic carbocycles. The van der Waals surface area contributed by atoms with Gasteiger partial charge in [-0.1, -0.05) is 18.2 Å². The minimum absolute atomic E-state index is 0.0783. The first-order valence-corrected chi connectivity index (χ1v) is 8.56. The van der Waals surface area contributed by atoms with Gasteiger partial charge in [-0.05, 0) is 24.3 Å². The van der Waals surface area contributed by atoms with Crippen molar-refractivity contribution < 1.29 is 18.1 Å². The third-order valence-electron chi connectivity index (χ3n) is 3.54. The molecule has 0 spiro atoms. The van der Waals surface area contributed by atoms with Crippen LogP contribution in [-0.2, 0) is 10.0 Å². The summed E-state index contributed by atoms with van der Waals surface area (Å²) in [6.45, 7) is 0. The van der Waals surface area contributed by atoms with Crippen molar-refractivity contribution in [3.63, 3.8) is 0 Å². The number of hydrogen-bond acceptors (Lipinski definition) is 6. The maximum absolute atomic E-state index is 12.8. The summed E-state index contributed by atoms with van der Waals surface area (Å²) in [6.07, 6.45) is 2.62. The molecule has 0 amide bonds. The Hall–Kier alpha value is -3.20. The third kappa shape index (κ3) is 2.96. The standard InChI is InChI=1S/C16H13N3O5S/c1-24-15-8-7-12(11-14(15)19(20)21)16-17-9-10-18(16)25(22,23)13-5-3-2-4-6-13/h2-11H,1H3. The summed E-state index contributed by atoms with van der Waals surface area (Å²) >= 11 is 0. The van der Waals surface area contributed by atoms with Gasteiger partial charge in [0.25, 0.3) is 10.0 Å². The Labute approximate surface area is 143 Å². The van der Waals surface area contributed by atoms with Crippen LogP contribution in [0.15, 0.2) is 65.8 Å². The molecule has 0 aliphatic heterocycles. The van der Waals surface area contributed by atoms with Gasteiger partial charge in [-0.3, -0.25) is 10.1 Å². The molecule has 0 unspecified atom stereocenters. The van der Waals surface area contributed by atoms with E-state index in [4.69, 9.17) is 4.74 Å². The van der Waals surface area contributed by atoms with E-state index >= 15 is 0 Å². The molecule has 3 aromatic rings. The van der Waals surface area contributed by atoms with Crippen molar-refractivity contribution in [2.24, 2.45) is 0 Å². The number of rotatable bonds is 5. The Bertz CT molecular complexity index is 1030. The molecule has 25 heavy (non-hydrogen) atoms. The van der Waals surface area contributed by atoms with Gasteiger partial charge in [0.2, 0.25) is 0 Å². The minimum atomic E-state index is -3.87. The summed E-state index contributed by atoms with van der Waals surface area (Å²) < 4.78 is 31.5. The highest BCUT2D eigenvalue weighted by atomic mass is 32.2. The predicted octanol–water partition coefficient (Wildman–Crippen LogP) is 2.70. The summed E-state index contributed by atoms with van der Waals surface area (Å²) in [4.78, 5) is 14.7. The van der Waals surface area contributed by atoms with Gasteiger partial charge in [0, 0.05) is 24.0 Å². The number of nitrogens with zero attached hydrogens (tertiary/aromatic N) is 3. The first-order valence-electron chi connectivity index (χ1n) is 7.12. The number of aromatic nitrogens is 2. The monoisotopic (exact) mass is 359 g/mol. The Morgan fingerprint density at radius 3 is 2.52 bits per heavy atom. The van der Waals surface area contributed by atoms with Crippen LogP contribution >= 0.6 is 0 Å². The smallest absolute Gasteiger partial charge is 0.311 e. The van der Waals surface area contributed by atoms with Crippen molar-refractivity contribution in [2.45, 2.75) is 4.90 Å². The van der Waals surface area contributed by atoms with Crippen LogP contribution in [0.4, 0.5) is 5.69 Å². The quantitative estimate of drug-likeness (QED) is 0.512. The van der Waals surface area contributed by atoms with Gasteiger partial charge in [0.1, 0.15) is 0 Å². The molecule has 2 aromatic carbocycles. The van der Waals surface area contributed by atoms with E-state index in [1.807, 2.05) is 0 Å². The molecule has 9 heteroatoms. The minimum Gasteiger partial charge on any atom is -0.490 e. The van der Waals surface area contributed by atoms with Gasteiger partial charge >= 0.3 is 5.69 Å². The molecular weight excluding hydrogens is 346 g/mol. The molecule has 8 nitrogen and oxygen atoms in total. The fraction of sp³-hybridized carbons (Fsp3) is 0.0625. The zero-order valence-corrected chi connectivity index (χ0v) is 13.9. The normalized spacial score (nSPS) is 11.2. The van der Waals surface area contributed by atoms with E-state index in [1.165, 1.54) is 49.8 Å². The molecule has 3 rings (SSSR count). The average Bonchev–Trinajstić information content (AvgIpc) is 3.12. The van der Waals surface area contributed by atoms with Crippen molar-refractivity contribution in [1.29, 1.82) is 0 Å². The summed E-state index contributed by atoms with van der Waals surface area (Å²) in [6, 6.07) is 12.0. The fourth-order valence-electron chi connectivity index (χ4n) is 2.37. The maximum atomic E-state index is 12.8. The largest absolute Gasteiger partial charge is 0.490 e. The Morgan fingerprint density at radius 2 is 1.88 bits per heavy atom. The molecule has 1 aromatic heterocycles. The van der Waals surface area contributed by atoms with Crippen molar-refractivity contribution in [2.75, 3.05) is 7.11 Å². The van der Waals surface area contributed by atoms with E-state index < -0.39 is 14.9 Å².